The summed E-state index contributed by atoms with van der Waals surface area (Å²) < 4.78 is 1.59. The Morgan fingerprint density at radius 3 is 3.00 bits per heavy atom. The molecule has 2 rings (SSSR count). The summed E-state index contributed by atoms with van der Waals surface area (Å²) >= 11 is 0. The van der Waals surface area contributed by atoms with Crippen molar-refractivity contribution < 1.29 is 0 Å². The van der Waals surface area contributed by atoms with Crippen molar-refractivity contribution in [2.45, 2.75) is 20.3 Å². The van der Waals surface area contributed by atoms with Gasteiger partial charge in [-0.1, -0.05) is 6.92 Å². The van der Waals surface area contributed by atoms with Crippen molar-refractivity contribution in [2.24, 2.45) is 0 Å². The van der Waals surface area contributed by atoms with Gasteiger partial charge in [0.1, 0.15) is 5.65 Å². The van der Waals surface area contributed by atoms with E-state index in [1.165, 1.54) is 0 Å². The van der Waals surface area contributed by atoms with Crippen LogP contribution in [0.2, 0.25) is 0 Å². The molecule has 0 bridgehead atoms. The zero-order valence-corrected chi connectivity index (χ0v) is 8.32. The number of pyridine rings is 1. The van der Waals surface area contributed by atoms with Gasteiger partial charge in [0, 0.05) is 18.0 Å². The lowest BCUT2D eigenvalue weighted by atomic mass is 10.2. The molecule has 14 heavy (non-hydrogen) atoms. The van der Waals surface area contributed by atoms with Gasteiger partial charge >= 0.3 is 0 Å². The van der Waals surface area contributed by atoms with Crippen LogP contribution >= 0.6 is 0 Å². The molecule has 2 aromatic heterocycles. The van der Waals surface area contributed by atoms with Crippen LogP contribution in [0.5, 0.6) is 0 Å². The second kappa shape index (κ2) is 3.25. The lowest BCUT2D eigenvalue weighted by Gasteiger charge is -2.02. The third kappa shape index (κ3) is 1.31. The van der Waals surface area contributed by atoms with Crippen LogP contribution in [-0.2, 0) is 6.42 Å². The van der Waals surface area contributed by atoms with E-state index in [-0.39, 0.29) is 5.56 Å². The summed E-state index contributed by atoms with van der Waals surface area (Å²) in [6.07, 6.45) is 4.17. The van der Waals surface area contributed by atoms with Gasteiger partial charge in [0.25, 0.3) is 5.56 Å². The highest BCUT2D eigenvalue weighted by Gasteiger charge is 2.01. The zero-order valence-electron chi connectivity index (χ0n) is 8.32. The van der Waals surface area contributed by atoms with Crippen molar-refractivity contribution in [2.75, 3.05) is 0 Å². The Kier molecular flexibility index (Phi) is 2.08. The van der Waals surface area contributed by atoms with Crippen molar-refractivity contribution >= 4 is 5.65 Å². The third-order valence-electron chi connectivity index (χ3n) is 2.32. The summed E-state index contributed by atoms with van der Waals surface area (Å²) in [5.74, 6) is 0. The first-order valence-corrected chi connectivity index (χ1v) is 4.69. The monoisotopic (exact) mass is 188 g/mol. The van der Waals surface area contributed by atoms with Crippen molar-refractivity contribution in [3.63, 3.8) is 0 Å². The van der Waals surface area contributed by atoms with Crippen LogP contribution in [0.15, 0.2) is 29.3 Å². The number of aryl methyl sites for hydroxylation is 2. The predicted molar refractivity (Wildman–Crippen MR) is 55.6 cm³/mol. The van der Waals surface area contributed by atoms with E-state index in [9.17, 15) is 4.79 Å². The summed E-state index contributed by atoms with van der Waals surface area (Å²) in [4.78, 5) is 16.0. The molecule has 0 spiro atoms. The van der Waals surface area contributed by atoms with Crippen molar-refractivity contribution in [1.29, 1.82) is 0 Å². The lowest BCUT2D eigenvalue weighted by molar-refractivity contribution is 0.964. The molecular formula is C11H12N2O. The highest BCUT2D eigenvalue weighted by atomic mass is 16.1. The molecule has 3 heteroatoms. The van der Waals surface area contributed by atoms with Gasteiger partial charge in [-0.3, -0.25) is 9.20 Å². The number of hydrogen-bond acceptors (Lipinski definition) is 2. The summed E-state index contributed by atoms with van der Waals surface area (Å²) in [6.45, 7) is 3.94. The third-order valence-corrected chi connectivity index (χ3v) is 2.32. The Morgan fingerprint density at radius 1 is 1.50 bits per heavy atom. The van der Waals surface area contributed by atoms with Gasteiger partial charge < -0.3 is 0 Å². The van der Waals surface area contributed by atoms with E-state index in [0.717, 1.165) is 17.5 Å². The van der Waals surface area contributed by atoms with E-state index < -0.39 is 0 Å². The summed E-state index contributed by atoms with van der Waals surface area (Å²) in [5.41, 5.74) is 2.62. The van der Waals surface area contributed by atoms with Crippen LogP contribution in [0, 0.1) is 6.92 Å². The zero-order chi connectivity index (χ0) is 10.1. The summed E-state index contributed by atoms with van der Waals surface area (Å²) in [6, 6.07) is 3.82. The van der Waals surface area contributed by atoms with Gasteiger partial charge in [0.05, 0.1) is 0 Å². The average Bonchev–Trinajstić information content (AvgIpc) is 2.18. The number of hydrogen-bond donors (Lipinski definition) is 0. The van der Waals surface area contributed by atoms with Gasteiger partial charge in [0.15, 0.2) is 0 Å². The molecule has 0 fully saturated rings. The number of rotatable bonds is 1. The van der Waals surface area contributed by atoms with Gasteiger partial charge in [0.2, 0.25) is 0 Å². The van der Waals surface area contributed by atoms with E-state index >= 15 is 0 Å². The molecule has 0 atom stereocenters. The van der Waals surface area contributed by atoms with Gasteiger partial charge in [-0.2, -0.15) is 0 Å². The molecule has 0 aromatic carbocycles. The van der Waals surface area contributed by atoms with Crippen LogP contribution in [0.25, 0.3) is 5.65 Å². The first-order valence-electron chi connectivity index (χ1n) is 4.69. The molecule has 2 heterocycles. The van der Waals surface area contributed by atoms with Crippen molar-refractivity contribution in [1.82, 2.24) is 9.38 Å². The minimum Gasteiger partial charge on any atom is -0.269 e. The molecule has 0 aliphatic carbocycles. The highest BCUT2D eigenvalue weighted by Crippen LogP contribution is 2.02. The molecule has 0 radical (unpaired) electrons. The fourth-order valence-electron chi connectivity index (χ4n) is 1.46. The molecule has 72 valence electrons. The largest absolute Gasteiger partial charge is 0.269 e. The van der Waals surface area contributed by atoms with Crippen LogP contribution < -0.4 is 5.56 Å². The second-order valence-electron chi connectivity index (χ2n) is 3.37. The van der Waals surface area contributed by atoms with E-state index in [1.807, 2.05) is 26.0 Å². The summed E-state index contributed by atoms with van der Waals surface area (Å²) in [7, 11) is 0. The predicted octanol–water partition coefficient (Wildman–Crippen LogP) is 1.57. The number of aromatic nitrogens is 2. The molecule has 0 saturated heterocycles. The fourth-order valence-corrected chi connectivity index (χ4v) is 1.46. The molecule has 0 saturated carbocycles. The maximum atomic E-state index is 11.8. The second-order valence-corrected chi connectivity index (χ2v) is 3.37. The first-order chi connectivity index (χ1) is 6.72. The Hall–Kier alpha value is -1.64. The number of nitrogens with zero attached hydrogens (tertiary/aromatic N) is 2. The van der Waals surface area contributed by atoms with Gasteiger partial charge in [-0.25, -0.2) is 4.98 Å². The van der Waals surface area contributed by atoms with E-state index in [0.29, 0.717) is 5.65 Å². The highest BCUT2D eigenvalue weighted by molar-refractivity contribution is 5.41. The normalized spacial score (nSPS) is 10.7. The van der Waals surface area contributed by atoms with Crippen LogP contribution in [0.3, 0.4) is 0 Å². The molecule has 0 aliphatic heterocycles. The Morgan fingerprint density at radius 2 is 2.29 bits per heavy atom. The van der Waals surface area contributed by atoms with Gasteiger partial charge in [-0.05, 0) is 31.0 Å². The summed E-state index contributed by atoms with van der Waals surface area (Å²) in [5, 5.41) is 0. The Bertz CT molecular complexity index is 528. The Labute approximate surface area is 82.0 Å². The molecule has 0 N–H and O–H groups in total. The van der Waals surface area contributed by atoms with E-state index in [2.05, 4.69) is 4.98 Å². The van der Waals surface area contributed by atoms with E-state index in [4.69, 9.17) is 0 Å². The van der Waals surface area contributed by atoms with Crippen LogP contribution in [-0.4, -0.2) is 9.38 Å². The topological polar surface area (TPSA) is 34.4 Å². The van der Waals surface area contributed by atoms with Crippen molar-refractivity contribution in [3.05, 3.63) is 46.0 Å². The molecule has 0 amide bonds. The van der Waals surface area contributed by atoms with Crippen molar-refractivity contribution in [3.8, 4) is 0 Å². The average molecular weight is 188 g/mol. The molecule has 0 aliphatic rings. The first kappa shape index (κ1) is 8.94. The molecule has 3 nitrogen and oxygen atoms in total. The molecular weight excluding hydrogens is 176 g/mol. The van der Waals surface area contributed by atoms with E-state index in [1.54, 1.807) is 16.8 Å². The maximum absolute atomic E-state index is 11.8. The smallest absolute Gasteiger partial charge is 0.260 e. The molecule has 2 aromatic rings. The van der Waals surface area contributed by atoms with Crippen LogP contribution in [0.4, 0.5) is 0 Å². The minimum atomic E-state index is 0.0394. The number of fused-ring (bicyclic) bond motifs is 1. The SMILES string of the molecule is CCc1cnc2cc(C)ccn2c1=O. The lowest BCUT2D eigenvalue weighted by Crippen LogP contribution is -2.18. The standard InChI is InChI=1S/C11H12N2O/c1-3-9-7-12-10-6-8(2)4-5-13(10)11(9)14/h4-7H,3H2,1-2H3. The Balaban J connectivity index is 2.84. The minimum absolute atomic E-state index is 0.0394. The van der Waals surface area contributed by atoms with Crippen LogP contribution in [0.1, 0.15) is 18.1 Å². The maximum Gasteiger partial charge on any atom is 0.260 e. The fraction of sp³-hybridized carbons (Fsp3) is 0.273. The van der Waals surface area contributed by atoms with Gasteiger partial charge in [-0.15, -0.1) is 0 Å². The quantitative estimate of drug-likeness (QED) is 0.680. The molecule has 0 unspecified atom stereocenters.